The fourth-order valence-corrected chi connectivity index (χ4v) is 7.01. The molecule has 0 fully saturated rings. The van der Waals surface area contributed by atoms with E-state index >= 15 is 0 Å². The summed E-state index contributed by atoms with van der Waals surface area (Å²) in [7, 11) is 4.53. The van der Waals surface area contributed by atoms with Gasteiger partial charge in [-0.25, -0.2) is 4.79 Å². The van der Waals surface area contributed by atoms with Crippen LogP contribution in [0.25, 0.3) is 22.5 Å². The van der Waals surface area contributed by atoms with E-state index in [9.17, 15) is 14.4 Å². The molecule has 4 aromatic rings. The van der Waals surface area contributed by atoms with Crippen LogP contribution in [0.1, 0.15) is 37.4 Å². The maximum Gasteiger partial charge on any atom is 0.341 e. The number of thiophene rings is 2. The maximum absolute atomic E-state index is 13.0. The van der Waals surface area contributed by atoms with Crippen LogP contribution in [-0.2, 0) is 16.1 Å². The Morgan fingerprint density at radius 2 is 1.85 bits per heavy atom. The first kappa shape index (κ1) is 28.5. The van der Waals surface area contributed by atoms with E-state index in [-0.39, 0.29) is 28.1 Å². The van der Waals surface area contributed by atoms with E-state index < -0.39 is 5.97 Å². The van der Waals surface area contributed by atoms with Crippen LogP contribution in [0.3, 0.4) is 0 Å². The molecule has 1 N–H and O–H groups in total. The first-order chi connectivity index (χ1) is 18.7. The molecule has 3 aromatic heterocycles. The van der Waals surface area contributed by atoms with Gasteiger partial charge in [0.25, 0.3) is 5.91 Å². The van der Waals surface area contributed by atoms with Crippen LogP contribution in [0.5, 0.6) is 0 Å². The summed E-state index contributed by atoms with van der Waals surface area (Å²) in [4.78, 5) is 41.0. The van der Waals surface area contributed by atoms with E-state index in [2.05, 4.69) is 40.0 Å². The molecule has 0 aliphatic rings. The number of anilines is 1. The Bertz CT molecular complexity index is 1520. The fraction of sp³-hybridized carbons (Fsp3) is 0.296. The Hall–Kier alpha value is -3.48. The number of hydrogen-bond donors (Lipinski definition) is 1. The number of carbonyl (C=O) groups is 3. The van der Waals surface area contributed by atoms with Gasteiger partial charge in [0.1, 0.15) is 5.00 Å². The van der Waals surface area contributed by atoms with Gasteiger partial charge in [0.15, 0.2) is 11.0 Å². The summed E-state index contributed by atoms with van der Waals surface area (Å²) in [6.45, 7) is 6.40. The highest BCUT2D eigenvalue weighted by molar-refractivity contribution is 7.99. The second-order valence-corrected chi connectivity index (χ2v) is 11.8. The van der Waals surface area contributed by atoms with Crippen LogP contribution < -0.4 is 5.32 Å². The predicted molar refractivity (Wildman–Crippen MR) is 157 cm³/mol. The lowest BCUT2D eigenvalue weighted by atomic mass is 10.0. The minimum Gasteiger partial charge on any atom is -0.465 e. The summed E-state index contributed by atoms with van der Waals surface area (Å²) < 4.78 is 6.90. The van der Waals surface area contributed by atoms with Gasteiger partial charge in [-0.3, -0.25) is 9.59 Å². The summed E-state index contributed by atoms with van der Waals surface area (Å²) in [6.07, 6.45) is 0. The molecule has 0 radical (unpaired) electrons. The van der Waals surface area contributed by atoms with Crippen molar-refractivity contribution in [1.29, 1.82) is 0 Å². The lowest BCUT2D eigenvalue weighted by Gasteiger charge is -2.09. The summed E-state index contributed by atoms with van der Waals surface area (Å²) >= 11 is 3.99. The fourth-order valence-electron chi connectivity index (χ4n) is 4.11. The second kappa shape index (κ2) is 12.1. The van der Waals surface area contributed by atoms with Gasteiger partial charge in [-0.1, -0.05) is 42.1 Å². The lowest BCUT2D eigenvalue weighted by Crippen LogP contribution is -2.21. The molecule has 0 atom stereocenters. The predicted octanol–water partition coefficient (Wildman–Crippen LogP) is 5.59. The summed E-state index contributed by atoms with van der Waals surface area (Å²) in [5, 5.41) is 14.7. The third kappa shape index (κ3) is 5.77. The van der Waals surface area contributed by atoms with Crippen LogP contribution in [0, 0.1) is 13.8 Å². The van der Waals surface area contributed by atoms with Gasteiger partial charge in [0, 0.05) is 42.0 Å². The molecule has 2 amide bonds. The molecule has 0 spiro atoms. The van der Waals surface area contributed by atoms with E-state index in [0.29, 0.717) is 22.1 Å². The Morgan fingerprint density at radius 1 is 1.13 bits per heavy atom. The zero-order chi connectivity index (χ0) is 28.3. The Morgan fingerprint density at radius 3 is 2.49 bits per heavy atom. The van der Waals surface area contributed by atoms with E-state index in [1.807, 2.05) is 29.7 Å². The molecule has 39 heavy (non-hydrogen) atoms. The number of nitrogens with zero attached hydrogens (tertiary/aromatic N) is 4. The van der Waals surface area contributed by atoms with Crippen molar-refractivity contribution in [3.63, 3.8) is 0 Å². The van der Waals surface area contributed by atoms with Crippen molar-refractivity contribution >= 4 is 57.2 Å². The molecular formula is C27H29N5O4S3. The van der Waals surface area contributed by atoms with E-state index in [4.69, 9.17) is 4.74 Å². The molecule has 4 rings (SSSR count). The molecule has 0 aliphatic carbocycles. The quantitative estimate of drug-likeness (QED) is 0.202. The molecule has 9 nitrogen and oxygen atoms in total. The van der Waals surface area contributed by atoms with Crippen molar-refractivity contribution < 1.29 is 19.1 Å². The third-order valence-electron chi connectivity index (χ3n) is 6.03. The maximum atomic E-state index is 13.0. The molecule has 0 unspecified atom stereocenters. The van der Waals surface area contributed by atoms with Crippen LogP contribution in [0.4, 0.5) is 5.00 Å². The van der Waals surface area contributed by atoms with Crippen LogP contribution >= 0.6 is 34.4 Å². The van der Waals surface area contributed by atoms with Crippen molar-refractivity contribution in [2.75, 3.05) is 32.3 Å². The zero-order valence-corrected chi connectivity index (χ0v) is 25.0. The number of hydrogen-bond acceptors (Lipinski definition) is 9. The molecule has 3 heterocycles. The molecule has 204 valence electrons. The molecule has 0 saturated carbocycles. The van der Waals surface area contributed by atoms with E-state index in [1.54, 1.807) is 32.4 Å². The Balaban J connectivity index is 1.56. The van der Waals surface area contributed by atoms with E-state index in [1.165, 1.54) is 28.6 Å². The van der Waals surface area contributed by atoms with Gasteiger partial charge in [0.05, 0.1) is 23.3 Å². The largest absolute Gasteiger partial charge is 0.465 e. The Labute approximate surface area is 239 Å². The van der Waals surface area contributed by atoms with Gasteiger partial charge in [0.2, 0.25) is 5.91 Å². The van der Waals surface area contributed by atoms with Crippen LogP contribution in [-0.4, -0.2) is 64.4 Å². The minimum absolute atomic E-state index is 0.0425. The monoisotopic (exact) mass is 583 g/mol. The number of aryl methyl sites for hydroxylation is 1. The highest BCUT2D eigenvalue weighted by Crippen LogP contribution is 2.39. The SMILES string of the molecule is CCn1c(SCC(=O)Nc2sc(C(=O)N(C)C)c(C)c2C(=O)OC)nnc1-c1csc(C)c1-c1ccccc1. The van der Waals surface area contributed by atoms with Gasteiger partial charge < -0.3 is 19.5 Å². The van der Waals surface area contributed by atoms with Crippen molar-refractivity contribution in [2.45, 2.75) is 32.5 Å². The third-order valence-corrected chi connectivity index (χ3v) is 9.11. The number of benzene rings is 1. The number of thioether (sulfide) groups is 1. The number of ether oxygens (including phenoxy) is 1. The number of carbonyl (C=O) groups excluding carboxylic acids is 3. The molecule has 1 aromatic carbocycles. The Kier molecular flexibility index (Phi) is 8.88. The summed E-state index contributed by atoms with van der Waals surface area (Å²) in [5.41, 5.74) is 3.91. The first-order valence-electron chi connectivity index (χ1n) is 12.1. The van der Waals surface area contributed by atoms with Gasteiger partial charge in [-0.15, -0.1) is 32.9 Å². The number of esters is 1. The summed E-state index contributed by atoms with van der Waals surface area (Å²) in [5.74, 6) is -0.406. The van der Waals surface area contributed by atoms with Crippen molar-refractivity contribution in [2.24, 2.45) is 0 Å². The standard InChI is InChI=1S/C27H29N5O4S3/c1-7-32-23(18-13-37-16(3)21(18)17-11-9-8-10-12-17)29-30-27(32)38-14-19(33)28-24-20(26(35)36-6)15(2)22(39-24)25(34)31(4)5/h8-13H,7,14H2,1-6H3,(H,28,33). The average Bonchev–Trinajstić information content (AvgIpc) is 3.61. The van der Waals surface area contributed by atoms with Crippen molar-refractivity contribution in [3.05, 3.63) is 56.6 Å². The molecule has 0 saturated heterocycles. The van der Waals surface area contributed by atoms with Crippen LogP contribution in [0.15, 0.2) is 40.9 Å². The highest BCUT2D eigenvalue weighted by Gasteiger charge is 2.27. The smallest absolute Gasteiger partial charge is 0.341 e. The second-order valence-electron chi connectivity index (χ2n) is 8.79. The first-order valence-corrected chi connectivity index (χ1v) is 14.8. The summed E-state index contributed by atoms with van der Waals surface area (Å²) in [6, 6.07) is 10.2. The zero-order valence-electron chi connectivity index (χ0n) is 22.5. The number of rotatable bonds is 9. The van der Waals surface area contributed by atoms with Crippen molar-refractivity contribution in [1.82, 2.24) is 19.7 Å². The van der Waals surface area contributed by atoms with Crippen LogP contribution in [0.2, 0.25) is 0 Å². The van der Waals surface area contributed by atoms with Gasteiger partial charge >= 0.3 is 5.97 Å². The molecule has 12 heteroatoms. The average molecular weight is 584 g/mol. The number of nitrogens with one attached hydrogen (secondary N) is 1. The lowest BCUT2D eigenvalue weighted by molar-refractivity contribution is -0.113. The van der Waals surface area contributed by atoms with Gasteiger partial charge in [-0.05, 0) is 31.9 Å². The normalized spacial score (nSPS) is 10.9. The van der Waals surface area contributed by atoms with E-state index in [0.717, 1.165) is 33.9 Å². The highest BCUT2D eigenvalue weighted by atomic mass is 32.2. The topological polar surface area (TPSA) is 106 Å². The number of methoxy groups -OCH3 is 1. The number of aromatic nitrogens is 3. The molecule has 0 bridgehead atoms. The molecule has 0 aliphatic heterocycles. The van der Waals surface area contributed by atoms with Gasteiger partial charge in [-0.2, -0.15) is 0 Å². The molecular weight excluding hydrogens is 555 g/mol. The van der Waals surface area contributed by atoms with Crippen molar-refractivity contribution in [3.8, 4) is 22.5 Å². The number of amides is 2. The minimum atomic E-state index is -0.611.